The van der Waals surface area contributed by atoms with Gasteiger partial charge in [-0.2, -0.15) is 0 Å². The van der Waals surface area contributed by atoms with Crippen molar-refractivity contribution in [3.8, 4) is 11.5 Å². The van der Waals surface area contributed by atoms with Crippen LogP contribution in [-0.4, -0.2) is 48.9 Å². The number of methoxy groups -OCH3 is 1. The normalized spacial score (nSPS) is 16.8. The number of fused-ring (bicyclic) bond motifs is 1. The van der Waals surface area contributed by atoms with E-state index in [1.54, 1.807) is 48.4 Å². The molecule has 174 valence electrons. The monoisotopic (exact) mass is 451 g/mol. The van der Waals surface area contributed by atoms with Gasteiger partial charge in [0.2, 0.25) is 11.8 Å². The van der Waals surface area contributed by atoms with Crippen molar-refractivity contribution in [2.45, 2.75) is 44.7 Å². The van der Waals surface area contributed by atoms with E-state index in [-0.39, 0.29) is 24.4 Å². The molecule has 2 aromatic rings. The largest absolute Gasteiger partial charge is 0.497 e. The maximum Gasteiger partial charge on any atom is 0.255 e. The molecule has 0 radical (unpaired) electrons. The quantitative estimate of drug-likeness (QED) is 0.541. The van der Waals surface area contributed by atoms with Crippen LogP contribution in [-0.2, 0) is 9.59 Å². The highest BCUT2D eigenvalue weighted by atomic mass is 16.5. The Morgan fingerprint density at radius 2 is 1.94 bits per heavy atom. The summed E-state index contributed by atoms with van der Waals surface area (Å²) < 4.78 is 11.0. The average Bonchev–Trinajstić information content (AvgIpc) is 3.62. The molecular formula is C25H29N3O5. The second kappa shape index (κ2) is 9.94. The van der Waals surface area contributed by atoms with Gasteiger partial charge in [0.25, 0.3) is 5.91 Å². The lowest BCUT2D eigenvalue weighted by atomic mass is 10.0. The summed E-state index contributed by atoms with van der Waals surface area (Å²) in [5, 5.41) is 5.50. The zero-order chi connectivity index (χ0) is 23.4. The van der Waals surface area contributed by atoms with E-state index in [2.05, 4.69) is 17.6 Å². The Balaban J connectivity index is 1.42. The second-order valence-electron chi connectivity index (χ2n) is 8.26. The number of carbonyl (C=O) groups is 3. The van der Waals surface area contributed by atoms with Gasteiger partial charge < -0.3 is 25.0 Å². The summed E-state index contributed by atoms with van der Waals surface area (Å²) in [6, 6.07) is 11.7. The highest BCUT2D eigenvalue weighted by Gasteiger charge is 2.47. The average molecular weight is 452 g/mol. The Morgan fingerprint density at radius 1 is 1.15 bits per heavy atom. The summed E-state index contributed by atoms with van der Waals surface area (Å²) in [6.07, 6.45) is 3.67. The van der Waals surface area contributed by atoms with Crippen LogP contribution in [0.1, 0.15) is 54.6 Å². The number of unbranched alkanes of at least 4 members (excludes halogenated alkanes) is 1. The smallest absolute Gasteiger partial charge is 0.255 e. The standard InChI is InChI=1S/C25H29N3O5/c1-3-4-13-33-21-12-11-17(32-2)14-20(21)27-22(29)15-26-24(30)23-18-7-5-6-8-19(18)25(31)28(23)16-9-10-16/h5-8,11-12,14,16,23H,3-4,9-10,13,15H2,1-2H3,(H,26,30)(H,27,29). The van der Waals surface area contributed by atoms with Crippen LogP contribution in [0.5, 0.6) is 11.5 Å². The zero-order valence-electron chi connectivity index (χ0n) is 18.9. The molecule has 8 nitrogen and oxygen atoms in total. The van der Waals surface area contributed by atoms with Gasteiger partial charge in [-0.25, -0.2) is 0 Å². The van der Waals surface area contributed by atoms with E-state index < -0.39 is 11.9 Å². The fraction of sp³-hybridized carbons (Fsp3) is 0.400. The molecule has 4 rings (SSSR count). The van der Waals surface area contributed by atoms with Crippen molar-refractivity contribution in [2.24, 2.45) is 0 Å². The Labute approximate surface area is 193 Å². The second-order valence-corrected chi connectivity index (χ2v) is 8.26. The van der Waals surface area contributed by atoms with Crippen molar-refractivity contribution in [2.75, 3.05) is 25.6 Å². The molecule has 0 saturated heterocycles. The van der Waals surface area contributed by atoms with E-state index in [1.165, 1.54) is 0 Å². The Kier molecular flexibility index (Phi) is 6.82. The predicted molar refractivity (Wildman–Crippen MR) is 123 cm³/mol. The molecule has 1 aliphatic heterocycles. The number of hydrogen-bond acceptors (Lipinski definition) is 5. The topological polar surface area (TPSA) is 97.0 Å². The van der Waals surface area contributed by atoms with Crippen molar-refractivity contribution in [3.63, 3.8) is 0 Å². The summed E-state index contributed by atoms with van der Waals surface area (Å²) in [5.74, 6) is 0.244. The van der Waals surface area contributed by atoms with Crippen molar-refractivity contribution in [1.29, 1.82) is 0 Å². The third-order valence-electron chi connectivity index (χ3n) is 5.83. The number of nitrogens with one attached hydrogen (secondary N) is 2. The number of anilines is 1. The van der Waals surface area contributed by atoms with E-state index >= 15 is 0 Å². The van der Waals surface area contributed by atoms with Crippen LogP contribution in [0, 0.1) is 0 Å². The van der Waals surface area contributed by atoms with E-state index in [1.807, 2.05) is 6.07 Å². The first-order valence-electron chi connectivity index (χ1n) is 11.3. The van der Waals surface area contributed by atoms with Crippen LogP contribution in [0.15, 0.2) is 42.5 Å². The molecule has 0 bridgehead atoms. The molecule has 33 heavy (non-hydrogen) atoms. The molecule has 1 atom stereocenters. The first-order chi connectivity index (χ1) is 16.0. The van der Waals surface area contributed by atoms with Gasteiger partial charge in [-0.1, -0.05) is 31.5 Å². The van der Waals surface area contributed by atoms with E-state index in [0.29, 0.717) is 34.9 Å². The Hall–Kier alpha value is -3.55. The zero-order valence-corrected chi connectivity index (χ0v) is 18.9. The summed E-state index contributed by atoms with van der Waals surface area (Å²) in [5.41, 5.74) is 1.72. The molecule has 1 fully saturated rings. The predicted octanol–water partition coefficient (Wildman–Crippen LogP) is 3.29. The molecule has 1 heterocycles. The first kappa shape index (κ1) is 22.6. The minimum atomic E-state index is -0.709. The lowest BCUT2D eigenvalue weighted by molar-refractivity contribution is -0.127. The van der Waals surface area contributed by atoms with E-state index in [0.717, 1.165) is 25.7 Å². The summed E-state index contributed by atoms with van der Waals surface area (Å²) in [4.78, 5) is 40.2. The van der Waals surface area contributed by atoms with Crippen LogP contribution >= 0.6 is 0 Å². The molecule has 0 spiro atoms. The maximum atomic E-state index is 13.1. The van der Waals surface area contributed by atoms with Crippen LogP contribution < -0.4 is 20.1 Å². The molecule has 3 amide bonds. The number of nitrogens with zero attached hydrogens (tertiary/aromatic N) is 1. The molecule has 1 saturated carbocycles. The summed E-state index contributed by atoms with van der Waals surface area (Å²) in [7, 11) is 1.55. The number of carbonyl (C=O) groups excluding carboxylic acids is 3. The van der Waals surface area contributed by atoms with Gasteiger partial charge in [-0.05, 0) is 43.0 Å². The number of amides is 3. The van der Waals surface area contributed by atoms with Gasteiger partial charge >= 0.3 is 0 Å². The summed E-state index contributed by atoms with van der Waals surface area (Å²) in [6.45, 7) is 2.38. The van der Waals surface area contributed by atoms with E-state index in [9.17, 15) is 14.4 Å². The van der Waals surface area contributed by atoms with Crippen LogP contribution in [0.25, 0.3) is 0 Å². The van der Waals surface area contributed by atoms with Gasteiger partial charge in [0.05, 0.1) is 25.9 Å². The highest BCUT2D eigenvalue weighted by Crippen LogP contribution is 2.41. The Morgan fingerprint density at radius 3 is 2.67 bits per heavy atom. The lowest BCUT2D eigenvalue weighted by Gasteiger charge is -2.24. The van der Waals surface area contributed by atoms with Crippen molar-refractivity contribution < 1.29 is 23.9 Å². The SMILES string of the molecule is CCCCOc1ccc(OC)cc1NC(=O)CNC(=O)C1c2ccccc2C(=O)N1C1CC1. The number of hydrogen-bond donors (Lipinski definition) is 2. The summed E-state index contributed by atoms with van der Waals surface area (Å²) >= 11 is 0. The molecule has 2 N–H and O–H groups in total. The fourth-order valence-corrected chi connectivity index (χ4v) is 3.98. The number of benzene rings is 2. The number of ether oxygens (including phenoxy) is 2. The Bertz CT molecular complexity index is 1050. The van der Waals surface area contributed by atoms with Crippen LogP contribution in [0.2, 0.25) is 0 Å². The van der Waals surface area contributed by atoms with Gasteiger partial charge in [-0.3, -0.25) is 14.4 Å². The minimum Gasteiger partial charge on any atom is -0.497 e. The lowest BCUT2D eigenvalue weighted by Crippen LogP contribution is -2.42. The van der Waals surface area contributed by atoms with Crippen LogP contribution in [0.3, 0.4) is 0 Å². The van der Waals surface area contributed by atoms with Gasteiger partial charge in [0, 0.05) is 17.7 Å². The van der Waals surface area contributed by atoms with Crippen molar-refractivity contribution >= 4 is 23.4 Å². The molecule has 2 aromatic carbocycles. The molecular weight excluding hydrogens is 422 g/mol. The molecule has 0 aromatic heterocycles. The molecule has 1 aliphatic carbocycles. The number of rotatable bonds is 10. The first-order valence-corrected chi connectivity index (χ1v) is 11.3. The molecule has 8 heteroatoms. The van der Waals surface area contributed by atoms with E-state index in [4.69, 9.17) is 9.47 Å². The van der Waals surface area contributed by atoms with Gasteiger partial charge in [0.15, 0.2) is 0 Å². The van der Waals surface area contributed by atoms with Crippen molar-refractivity contribution in [3.05, 3.63) is 53.6 Å². The minimum absolute atomic E-state index is 0.0779. The molecule has 1 unspecified atom stereocenters. The third-order valence-corrected chi connectivity index (χ3v) is 5.83. The van der Waals surface area contributed by atoms with Gasteiger partial charge in [-0.15, -0.1) is 0 Å². The van der Waals surface area contributed by atoms with Crippen LogP contribution in [0.4, 0.5) is 5.69 Å². The van der Waals surface area contributed by atoms with Crippen molar-refractivity contribution in [1.82, 2.24) is 10.2 Å². The molecule has 2 aliphatic rings. The highest BCUT2D eigenvalue weighted by molar-refractivity contribution is 6.05. The maximum absolute atomic E-state index is 13.1. The van der Waals surface area contributed by atoms with Gasteiger partial charge in [0.1, 0.15) is 17.5 Å². The fourth-order valence-electron chi connectivity index (χ4n) is 3.98. The third kappa shape index (κ3) is 4.94.